The first-order chi connectivity index (χ1) is 4.79. The van der Waals surface area contributed by atoms with E-state index in [-0.39, 0.29) is 6.03 Å². The van der Waals surface area contributed by atoms with E-state index in [0.717, 1.165) is 11.4 Å². The minimum atomic E-state index is -0.00231. The van der Waals surface area contributed by atoms with Crippen LogP contribution < -0.4 is 5.32 Å². The molecule has 0 saturated heterocycles. The summed E-state index contributed by atoms with van der Waals surface area (Å²) < 4.78 is 1.69. The Hall–Kier alpha value is -1.25. The number of rotatable bonds is 0. The van der Waals surface area contributed by atoms with Crippen LogP contribution in [0.4, 0.5) is 4.79 Å². The second-order valence-corrected chi connectivity index (χ2v) is 2.46. The molecule has 1 N–H and O–H groups in total. The predicted octanol–water partition coefficient (Wildman–Crippen LogP) is 0.868. The number of hydrogen-bond acceptors (Lipinski definition) is 1. The SMILES string of the molecule is Cc1ccc2n1C(=O)NC2. The second-order valence-electron chi connectivity index (χ2n) is 2.46. The maximum atomic E-state index is 11.0. The minimum Gasteiger partial charge on any atom is -0.332 e. The van der Waals surface area contributed by atoms with Crippen molar-refractivity contribution in [1.82, 2.24) is 9.88 Å². The zero-order valence-corrected chi connectivity index (χ0v) is 5.72. The fraction of sp³-hybridized carbons (Fsp3) is 0.286. The highest BCUT2D eigenvalue weighted by atomic mass is 16.2. The van der Waals surface area contributed by atoms with Crippen LogP contribution in [0.5, 0.6) is 0 Å². The van der Waals surface area contributed by atoms with E-state index in [1.54, 1.807) is 4.57 Å². The number of fused-ring (bicyclic) bond motifs is 1. The van der Waals surface area contributed by atoms with E-state index in [9.17, 15) is 4.79 Å². The van der Waals surface area contributed by atoms with Crippen molar-refractivity contribution < 1.29 is 4.79 Å². The lowest BCUT2D eigenvalue weighted by Crippen LogP contribution is -2.18. The van der Waals surface area contributed by atoms with Gasteiger partial charge in [-0.2, -0.15) is 0 Å². The Kier molecular flexibility index (Phi) is 0.897. The Balaban J connectivity index is 2.65. The van der Waals surface area contributed by atoms with E-state index < -0.39 is 0 Å². The van der Waals surface area contributed by atoms with Gasteiger partial charge in [-0.15, -0.1) is 0 Å². The van der Waals surface area contributed by atoms with Gasteiger partial charge in [0.1, 0.15) is 0 Å². The monoisotopic (exact) mass is 136 g/mol. The number of carbonyl (C=O) groups is 1. The molecular formula is C7H8N2O. The number of amides is 1. The molecule has 0 fully saturated rings. The summed E-state index contributed by atoms with van der Waals surface area (Å²) in [5.74, 6) is 0. The molecule has 1 aromatic heterocycles. The van der Waals surface area contributed by atoms with E-state index in [1.165, 1.54) is 0 Å². The summed E-state index contributed by atoms with van der Waals surface area (Å²) in [6.45, 7) is 2.60. The molecule has 1 aromatic rings. The normalized spacial score (nSPS) is 15.1. The van der Waals surface area contributed by atoms with Crippen molar-refractivity contribution in [3.63, 3.8) is 0 Å². The Morgan fingerprint density at radius 1 is 1.60 bits per heavy atom. The van der Waals surface area contributed by atoms with Crippen LogP contribution in [-0.2, 0) is 6.54 Å². The van der Waals surface area contributed by atoms with Crippen molar-refractivity contribution >= 4 is 6.03 Å². The van der Waals surface area contributed by atoms with E-state index in [4.69, 9.17) is 0 Å². The van der Waals surface area contributed by atoms with Crippen molar-refractivity contribution in [2.45, 2.75) is 13.5 Å². The number of hydrogen-bond donors (Lipinski definition) is 1. The lowest BCUT2D eigenvalue weighted by atomic mass is 10.4. The van der Waals surface area contributed by atoms with Crippen LogP contribution in [0, 0.1) is 6.92 Å². The Morgan fingerprint density at radius 2 is 2.40 bits per heavy atom. The standard InChI is InChI=1S/C7H8N2O/c1-5-2-3-6-4-8-7(10)9(5)6/h2-3H,4H2,1H3,(H,8,10). The molecule has 1 aliphatic heterocycles. The Morgan fingerprint density at radius 3 is 3.10 bits per heavy atom. The third-order valence-corrected chi connectivity index (χ3v) is 1.78. The lowest BCUT2D eigenvalue weighted by molar-refractivity contribution is 0.246. The van der Waals surface area contributed by atoms with Gasteiger partial charge in [0.15, 0.2) is 0 Å². The molecule has 52 valence electrons. The molecule has 0 radical (unpaired) electrons. The fourth-order valence-electron chi connectivity index (χ4n) is 1.27. The molecule has 10 heavy (non-hydrogen) atoms. The third kappa shape index (κ3) is 0.518. The zero-order chi connectivity index (χ0) is 7.14. The van der Waals surface area contributed by atoms with Crippen LogP contribution in [0.2, 0.25) is 0 Å². The van der Waals surface area contributed by atoms with Crippen LogP contribution in [0.3, 0.4) is 0 Å². The van der Waals surface area contributed by atoms with Gasteiger partial charge in [0.25, 0.3) is 0 Å². The van der Waals surface area contributed by atoms with Crippen LogP contribution in [0.1, 0.15) is 11.4 Å². The number of nitrogens with zero attached hydrogens (tertiary/aromatic N) is 1. The second kappa shape index (κ2) is 1.62. The van der Waals surface area contributed by atoms with Gasteiger partial charge in [0.2, 0.25) is 0 Å². The predicted molar refractivity (Wildman–Crippen MR) is 36.8 cm³/mol. The highest BCUT2D eigenvalue weighted by Gasteiger charge is 2.18. The minimum absolute atomic E-state index is 0.00231. The van der Waals surface area contributed by atoms with Gasteiger partial charge in [-0.1, -0.05) is 0 Å². The smallest absolute Gasteiger partial charge is 0.326 e. The molecule has 3 nitrogen and oxygen atoms in total. The van der Waals surface area contributed by atoms with Gasteiger partial charge in [-0.05, 0) is 19.1 Å². The van der Waals surface area contributed by atoms with Gasteiger partial charge in [-0.3, -0.25) is 4.57 Å². The molecule has 0 saturated carbocycles. The molecule has 1 amide bonds. The number of aryl methyl sites for hydroxylation is 1. The van der Waals surface area contributed by atoms with Crippen LogP contribution in [0.25, 0.3) is 0 Å². The summed E-state index contributed by atoms with van der Waals surface area (Å²) in [5, 5.41) is 2.73. The van der Waals surface area contributed by atoms with Gasteiger partial charge in [-0.25, -0.2) is 4.79 Å². The van der Waals surface area contributed by atoms with Gasteiger partial charge < -0.3 is 5.32 Å². The molecule has 0 aromatic carbocycles. The number of aromatic nitrogens is 1. The van der Waals surface area contributed by atoms with Crippen molar-refractivity contribution in [2.75, 3.05) is 0 Å². The summed E-state index contributed by atoms with van der Waals surface area (Å²) in [5.41, 5.74) is 2.06. The fourth-order valence-corrected chi connectivity index (χ4v) is 1.27. The molecule has 1 aliphatic rings. The summed E-state index contributed by atoms with van der Waals surface area (Å²) >= 11 is 0. The first-order valence-corrected chi connectivity index (χ1v) is 3.24. The molecule has 0 atom stereocenters. The molecule has 2 heterocycles. The van der Waals surface area contributed by atoms with Crippen LogP contribution in [0.15, 0.2) is 12.1 Å². The molecule has 3 heteroatoms. The topological polar surface area (TPSA) is 34.0 Å². The number of carbonyl (C=O) groups excluding carboxylic acids is 1. The molecule has 0 aliphatic carbocycles. The lowest BCUT2D eigenvalue weighted by Gasteiger charge is -1.95. The third-order valence-electron chi connectivity index (χ3n) is 1.78. The zero-order valence-electron chi connectivity index (χ0n) is 5.72. The first kappa shape index (κ1) is 5.53. The summed E-state index contributed by atoms with van der Waals surface area (Å²) in [7, 11) is 0. The van der Waals surface area contributed by atoms with E-state index >= 15 is 0 Å². The first-order valence-electron chi connectivity index (χ1n) is 3.24. The van der Waals surface area contributed by atoms with Crippen molar-refractivity contribution in [3.8, 4) is 0 Å². The highest BCUT2D eigenvalue weighted by Crippen LogP contribution is 2.11. The molecule has 2 rings (SSSR count). The maximum Gasteiger partial charge on any atom is 0.326 e. The van der Waals surface area contributed by atoms with E-state index in [2.05, 4.69) is 5.32 Å². The van der Waals surface area contributed by atoms with Crippen LogP contribution >= 0.6 is 0 Å². The maximum absolute atomic E-state index is 11.0. The summed E-state index contributed by atoms with van der Waals surface area (Å²) in [6.07, 6.45) is 0. The van der Waals surface area contributed by atoms with E-state index in [0.29, 0.717) is 6.54 Å². The molecule has 0 unspecified atom stereocenters. The van der Waals surface area contributed by atoms with Gasteiger partial charge >= 0.3 is 6.03 Å². The van der Waals surface area contributed by atoms with Gasteiger partial charge in [0, 0.05) is 11.4 Å². The largest absolute Gasteiger partial charge is 0.332 e. The summed E-state index contributed by atoms with van der Waals surface area (Å²) in [6, 6.07) is 3.92. The Bertz CT molecular complexity index is 288. The van der Waals surface area contributed by atoms with Crippen molar-refractivity contribution in [3.05, 3.63) is 23.5 Å². The molecular weight excluding hydrogens is 128 g/mol. The van der Waals surface area contributed by atoms with Gasteiger partial charge in [0.05, 0.1) is 6.54 Å². The average Bonchev–Trinajstić information content (AvgIpc) is 2.40. The Labute approximate surface area is 58.7 Å². The van der Waals surface area contributed by atoms with Crippen LogP contribution in [-0.4, -0.2) is 10.6 Å². The highest BCUT2D eigenvalue weighted by molar-refractivity contribution is 5.81. The number of nitrogens with one attached hydrogen (secondary N) is 1. The summed E-state index contributed by atoms with van der Waals surface area (Å²) in [4.78, 5) is 11.0. The van der Waals surface area contributed by atoms with Crippen molar-refractivity contribution in [1.29, 1.82) is 0 Å². The quantitative estimate of drug-likeness (QED) is 0.564. The average molecular weight is 136 g/mol. The molecule has 0 spiro atoms. The van der Waals surface area contributed by atoms with E-state index in [1.807, 2.05) is 19.1 Å². The van der Waals surface area contributed by atoms with Crippen molar-refractivity contribution in [2.24, 2.45) is 0 Å². The molecule has 0 bridgehead atoms.